The van der Waals surface area contributed by atoms with E-state index in [4.69, 9.17) is 14.7 Å². The van der Waals surface area contributed by atoms with Crippen molar-refractivity contribution in [3.8, 4) is 0 Å². The molecule has 1 aliphatic heterocycles. The van der Waals surface area contributed by atoms with Gasteiger partial charge in [-0.25, -0.2) is 15.0 Å². The van der Waals surface area contributed by atoms with Crippen molar-refractivity contribution in [1.82, 2.24) is 25.0 Å². The third-order valence-electron chi connectivity index (χ3n) is 7.46. The summed E-state index contributed by atoms with van der Waals surface area (Å²) in [5.41, 5.74) is 9.64. The van der Waals surface area contributed by atoms with Crippen LogP contribution in [-0.4, -0.2) is 57.8 Å². The fraction of sp³-hybridized carbons (Fsp3) is 0.536. The van der Waals surface area contributed by atoms with Gasteiger partial charge in [-0.15, -0.1) is 0 Å². The average molecular weight is 491 g/mol. The van der Waals surface area contributed by atoms with Crippen molar-refractivity contribution in [2.45, 2.75) is 65.5 Å². The molecule has 0 atom stereocenters. The molecule has 1 saturated carbocycles. The number of fused-ring (bicyclic) bond motifs is 1. The highest BCUT2D eigenvalue weighted by Gasteiger charge is 2.27. The van der Waals surface area contributed by atoms with Crippen LogP contribution < -0.4 is 10.7 Å². The number of nitrogens with one attached hydrogen (secondary N) is 2. The van der Waals surface area contributed by atoms with Crippen molar-refractivity contribution in [2.75, 3.05) is 31.6 Å². The zero-order chi connectivity index (χ0) is 25.1. The number of carbonyl (C=O) groups excluding carboxylic acids is 1. The Morgan fingerprint density at radius 1 is 1.06 bits per heavy atom. The number of aryl methyl sites for hydroxylation is 3. The lowest BCUT2D eigenvalue weighted by Gasteiger charge is -2.32. The highest BCUT2D eigenvalue weighted by atomic mass is 16.5. The Morgan fingerprint density at radius 3 is 2.47 bits per heavy atom. The molecule has 8 heteroatoms. The monoisotopic (exact) mass is 490 g/mol. The topological polar surface area (TPSA) is 84.3 Å². The first-order chi connectivity index (χ1) is 17.5. The van der Waals surface area contributed by atoms with Crippen LogP contribution in [-0.2, 0) is 22.5 Å². The molecule has 2 aliphatic rings. The molecule has 1 amide bonds. The first-order valence-electron chi connectivity index (χ1n) is 13.3. The summed E-state index contributed by atoms with van der Waals surface area (Å²) in [6, 6.07) is 11.2. The van der Waals surface area contributed by atoms with E-state index in [1.54, 1.807) is 0 Å². The molecule has 5 rings (SSSR count). The van der Waals surface area contributed by atoms with Gasteiger partial charge in [0.15, 0.2) is 5.65 Å². The number of nitrogens with zero attached hydrogens (tertiary/aromatic N) is 4. The first-order valence-corrected chi connectivity index (χ1v) is 13.3. The molecule has 0 bridgehead atoms. The van der Waals surface area contributed by atoms with Crippen molar-refractivity contribution >= 4 is 22.8 Å². The SMILES string of the molecule is CCc1nc2c(C)cc(C)nc2n1Cc1ccc(N[C@H]2CC[C@@H](C(=O)NN3CCOCC3)CC2)cc1. The third-order valence-corrected chi connectivity index (χ3v) is 7.46. The number of anilines is 1. The van der Waals surface area contributed by atoms with E-state index in [0.29, 0.717) is 19.3 Å². The van der Waals surface area contributed by atoms with Gasteiger partial charge in [0.2, 0.25) is 5.91 Å². The van der Waals surface area contributed by atoms with Gasteiger partial charge in [-0.2, -0.15) is 0 Å². The summed E-state index contributed by atoms with van der Waals surface area (Å²) in [7, 11) is 0. The number of aromatic nitrogens is 3. The van der Waals surface area contributed by atoms with Crippen LogP contribution in [0, 0.1) is 19.8 Å². The van der Waals surface area contributed by atoms with Crippen LogP contribution in [0.15, 0.2) is 30.3 Å². The zero-order valence-corrected chi connectivity index (χ0v) is 21.7. The summed E-state index contributed by atoms with van der Waals surface area (Å²) in [6.45, 7) is 9.97. The third kappa shape index (κ3) is 5.55. The zero-order valence-electron chi connectivity index (χ0n) is 21.7. The van der Waals surface area contributed by atoms with E-state index < -0.39 is 0 Å². The molecule has 0 unspecified atom stereocenters. The number of ether oxygens (including phenoxy) is 1. The molecule has 8 nitrogen and oxygen atoms in total. The van der Waals surface area contributed by atoms with Crippen molar-refractivity contribution in [3.63, 3.8) is 0 Å². The number of carbonyl (C=O) groups is 1. The number of hydrogen-bond acceptors (Lipinski definition) is 6. The quantitative estimate of drug-likeness (QED) is 0.521. The summed E-state index contributed by atoms with van der Waals surface area (Å²) in [6.07, 6.45) is 4.74. The normalized spacial score (nSPS) is 21.0. The van der Waals surface area contributed by atoms with Gasteiger partial charge < -0.3 is 14.6 Å². The number of benzene rings is 1. The van der Waals surface area contributed by atoms with Crippen molar-refractivity contribution in [1.29, 1.82) is 0 Å². The number of imidazole rings is 1. The van der Waals surface area contributed by atoms with Gasteiger partial charge in [-0.1, -0.05) is 19.1 Å². The number of rotatable bonds is 7. The van der Waals surface area contributed by atoms with E-state index in [1.807, 2.05) is 11.9 Å². The minimum absolute atomic E-state index is 0.104. The Morgan fingerprint density at radius 2 is 1.78 bits per heavy atom. The number of hydrogen-bond donors (Lipinski definition) is 2. The molecule has 1 aromatic carbocycles. The second kappa shape index (κ2) is 11.0. The molecule has 1 saturated heterocycles. The van der Waals surface area contributed by atoms with Crippen LogP contribution in [0.1, 0.15) is 55.3 Å². The molecule has 0 spiro atoms. The van der Waals surface area contributed by atoms with Gasteiger partial charge >= 0.3 is 0 Å². The van der Waals surface area contributed by atoms with E-state index in [9.17, 15) is 4.79 Å². The summed E-state index contributed by atoms with van der Waals surface area (Å²) in [4.78, 5) is 22.3. The molecular weight excluding hydrogens is 452 g/mol. The first kappa shape index (κ1) is 24.7. The van der Waals surface area contributed by atoms with E-state index in [2.05, 4.69) is 59.5 Å². The van der Waals surface area contributed by atoms with Gasteiger partial charge in [0.25, 0.3) is 0 Å². The van der Waals surface area contributed by atoms with Gasteiger partial charge in [-0.05, 0) is 68.9 Å². The van der Waals surface area contributed by atoms with Crippen LogP contribution in [0.3, 0.4) is 0 Å². The molecule has 1 aliphatic carbocycles. The molecule has 192 valence electrons. The molecule has 2 aromatic heterocycles. The maximum Gasteiger partial charge on any atom is 0.237 e. The molecule has 3 heterocycles. The number of pyridine rings is 1. The standard InChI is InChI=1S/C28H38N6O2/c1-4-25-31-26-19(2)17-20(3)29-27(26)34(25)18-21-5-9-23(10-6-21)30-24-11-7-22(8-12-24)28(35)32-33-13-15-36-16-14-33/h5-6,9-10,17,22,24,30H,4,7-8,11-16,18H2,1-3H3,(H,32,35)/t22-,24+. The molecule has 2 fully saturated rings. The van der Waals surface area contributed by atoms with Crippen LogP contribution in [0.4, 0.5) is 5.69 Å². The fourth-order valence-electron chi connectivity index (χ4n) is 5.43. The van der Waals surface area contributed by atoms with Crippen molar-refractivity contribution in [2.24, 2.45) is 5.92 Å². The van der Waals surface area contributed by atoms with Crippen LogP contribution in [0.25, 0.3) is 11.2 Å². The molecular formula is C28H38N6O2. The minimum Gasteiger partial charge on any atom is -0.382 e. The minimum atomic E-state index is 0.104. The second-order valence-electron chi connectivity index (χ2n) is 10.2. The highest BCUT2D eigenvalue weighted by molar-refractivity contribution is 5.78. The van der Waals surface area contributed by atoms with Gasteiger partial charge in [0, 0.05) is 42.9 Å². The Labute approximate surface area is 213 Å². The van der Waals surface area contributed by atoms with Gasteiger partial charge in [0.05, 0.1) is 19.8 Å². The van der Waals surface area contributed by atoms with Crippen LogP contribution >= 0.6 is 0 Å². The molecule has 3 aromatic rings. The maximum atomic E-state index is 12.6. The average Bonchev–Trinajstić information content (AvgIpc) is 3.24. The van der Waals surface area contributed by atoms with Crippen LogP contribution in [0.2, 0.25) is 0 Å². The number of hydrazine groups is 1. The van der Waals surface area contributed by atoms with E-state index >= 15 is 0 Å². The van der Waals surface area contributed by atoms with E-state index in [0.717, 1.165) is 80.1 Å². The second-order valence-corrected chi connectivity index (χ2v) is 10.2. The van der Waals surface area contributed by atoms with E-state index in [1.165, 1.54) is 11.1 Å². The lowest BCUT2D eigenvalue weighted by atomic mass is 9.85. The Balaban J connectivity index is 1.16. The molecule has 0 radical (unpaired) electrons. The predicted octanol–water partition coefficient (Wildman–Crippen LogP) is 3.99. The highest BCUT2D eigenvalue weighted by Crippen LogP contribution is 2.27. The van der Waals surface area contributed by atoms with Gasteiger partial charge in [-0.3, -0.25) is 10.2 Å². The van der Waals surface area contributed by atoms with Crippen molar-refractivity contribution in [3.05, 3.63) is 53.0 Å². The number of amides is 1. The van der Waals surface area contributed by atoms with E-state index in [-0.39, 0.29) is 11.8 Å². The molecule has 2 N–H and O–H groups in total. The summed E-state index contributed by atoms with van der Waals surface area (Å²) in [5, 5.41) is 5.68. The Bertz CT molecular complexity index is 1190. The molecule has 36 heavy (non-hydrogen) atoms. The smallest absolute Gasteiger partial charge is 0.237 e. The lowest BCUT2D eigenvalue weighted by molar-refractivity contribution is -0.133. The summed E-state index contributed by atoms with van der Waals surface area (Å²) < 4.78 is 7.61. The predicted molar refractivity (Wildman–Crippen MR) is 142 cm³/mol. The fourth-order valence-corrected chi connectivity index (χ4v) is 5.43. The maximum absolute atomic E-state index is 12.6. The number of morpholine rings is 1. The summed E-state index contributed by atoms with van der Waals surface area (Å²) in [5.74, 6) is 1.34. The van der Waals surface area contributed by atoms with Crippen LogP contribution in [0.5, 0.6) is 0 Å². The summed E-state index contributed by atoms with van der Waals surface area (Å²) >= 11 is 0. The Kier molecular flexibility index (Phi) is 7.53. The lowest BCUT2D eigenvalue weighted by Crippen LogP contribution is -2.50. The largest absolute Gasteiger partial charge is 0.382 e. The van der Waals surface area contributed by atoms with Crippen molar-refractivity contribution < 1.29 is 9.53 Å². The van der Waals surface area contributed by atoms with Gasteiger partial charge in [0.1, 0.15) is 11.3 Å². The Hall–Kier alpha value is -2.97.